The van der Waals surface area contributed by atoms with Crippen LogP contribution in [-0.4, -0.2) is 6.04 Å². The van der Waals surface area contributed by atoms with Crippen molar-refractivity contribution in [3.8, 4) is 0 Å². The minimum absolute atomic E-state index is 0.613. The molecule has 0 saturated heterocycles. The van der Waals surface area contributed by atoms with Gasteiger partial charge in [-0.15, -0.1) is 0 Å². The van der Waals surface area contributed by atoms with E-state index in [1.165, 1.54) is 24.0 Å². The van der Waals surface area contributed by atoms with Gasteiger partial charge in [0.15, 0.2) is 0 Å². The van der Waals surface area contributed by atoms with E-state index in [-0.39, 0.29) is 0 Å². The molecule has 0 bridgehead atoms. The zero-order valence-electron chi connectivity index (χ0n) is 12.0. The van der Waals surface area contributed by atoms with Gasteiger partial charge in [-0.25, -0.2) is 0 Å². The molecule has 0 aromatic heterocycles. The quantitative estimate of drug-likeness (QED) is 0.823. The molecular formula is C18H20ClNO. The van der Waals surface area contributed by atoms with Crippen molar-refractivity contribution in [3.05, 3.63) is 70.2 Å². The fraction of sp³-hybridized carbons (Fsp3) is 0.333. The van der Waals surface area contributed by atoms with Gasteiger partial charge >= 0.3 is 0 Å². The number of hydrogen-bond acceptors (Lipinski definition) is 2. The number of ether oxygens (including phenoxy) is 1. The van der Waals surface area contributed by atoms with E-state index in [4.69, 9.17) is 16.3 Å². The normalized spacial score (nSPS) is 14.3. The van der Waals surface area contributed by atoms with Gasteiger partial charge in [0.1, 0.15) is 0 Å². The lowest BCUT2D eigenvalue weighted by Gasteiger charge is -2.08. The second-order valence-corrected chi connectivity index (χ2v) is 6.03. The SMILES string of the molecule is Clc1ccc(COCc2cccc(CNC3CC3)c2)cc1. The lowest BCUT2D eigenvalue weighted by atomic mass is 10.1. The van der Waals surface area contributed by atoms with E-state index < -0.39 is 0 Å². The van der Waals surface area contributed by atoms with Crippen LogP contribution in [0.4, 0.5) is 0 Å². The van der Waals surface area contributed by atoms with Crippen LogP contribution in [0.25, 0.3) is 0 Å². The molecule has 1 saturated carbocycles. The van der Waals surface area contributed by atoms with Gasteiger partial charge in [-0.2, -0.15) is 0 Å². The maximum atomic E-state index is 5.87. The Morgan fingerprint density at radius 2 is 1.67 bits per heavy atom. The third kappa shape index (κ3) is 4.85. The Balaban J connectivity index is 1.47. The van der Waals surface area contributed by atoms with E-state index in [2.05, 4.69) is 29.6 Å². The number of nitrogens with one attached hydrogen (secondary N) is 1. The molecule has 0 unspecified atom stereocenters. The van der Waals surface area contributed by atoms with E-state index in [0.29, 0.717) is 13.2 Å². The molecule has 3 heteroatoms. The highest BCUT2D eigenvalue weighted by Crippen LogP contribution is 2.19. The monoisotopic (exact) mass is 301 g/mol. The molecule has 110 valence electrons. The van der Waals surface area contributed by atoms with Crippen molar-refractivity contribution in [1.82, 2.24) is 5.32 Å². The molecule has 1 N–H and O–H groups in total. The Labute approximate surface area is 131 Å². The van der Waals surface area contributed by atoms with Gasteiger partial charge in [0.05, 0.1) is 13.2 Å². The van der Waals surface area contributed by atoms with Crippen LogP contribution in [-0.2, 0) is 24.5 Å². The van der Waals surface area contributed by atoms with Gasteiger partial charge in [0.25, 0.3) is 0 Å². The van der Waals surface area contributed by atoms with E-state index in [9.17, 15) is 0 Å². The number of halogens is 1. The molecule has 0 atom stereocenters. The van der Waals surface area contributed by atoms with Gasteiger partial charge in [0, 0.05) is 17.6 Å². The summed E-state index contributed by atoms with van der Waals surface area (Å²) in [5, 5.41) is 4.29. The highest BCUT2D eigenvalue weighted by molar-refractivity contribution is 6.30. The van der Waals surface area contributed by atoms with E-state index >= 15 is 0 Å². The molecule has 0 aliphatic heterocycles. The molecule has 21 heavy (non-hydrogen) atoms. The van der Waals surface area contributed by atoms with Gasteiger partial charge in [-0.1, -0.05) is 48.0 Å². The smallest absolute Gasteiger partial charge is 0.0721 e. The summed E-state index contributed by atoms with van der Waals surface area (Å²) in [6.07, 6.45) is 2.65. The summed E-state index contributed by atoms with van der Waals surface area (Å²) in [4.78, 5) is 0. The third-order valence-corrected chi connectivity index (χ3v) is 3.87. The van der Waals surface area contributed by atoms with Crippen molar-refractivity contribution in [2.24, 2.45) is 0 Å². The van der Waals surface area contributed by atoms with Crippen LogP contribution in [0.15, 0.2) is 48.5 Å². The first-order chi connectivity index (χ1) is 10.3. The Kier molecular flexibility index (Phi) is 4.91. The number of benzene rings is 2. The molecule has 1 aliphatic carbocycles. The zero-order chi connectivity index (χ0) is 14.5. The third-order valence-electron chi connectivity index (χ3n) is 3.61. The molecule has 1 aliphatic rings. The first kappa shape index (κ1) is 14.6. The first-order valence-corrected chi connectivity index (χ1v) is 7.81. The van der Waals surface area contributed by atoms with E-state index in [0.717, 1.165) is 23.2 Å². The van der Waals surface area contributed by atoms with Crippen LogP contribution in [0, 0.1) is 0 Å². The highest BCUT2D eigenvalue weighted by atomic mass is 35.5. The maximum absolute atomic E-state index is 5.87. The highest BCUT2D eigenvalue weighted by Gasteiger charge is 2.19. The van der Waals surface area contributed by atoms with Crippen LogP contribution >= 0.6 is 11.6 Å². The molecule has 1 fully saturated rings. The molecule has 0 spiro atoms. The van der Waals surface area contributed by atoms with E-state index in [1.807, 2.05) is 24.3 Å². The predicted octanol–water partition coefficient (Wildman–Crippen LogP) is 4.31. The van der Waals surface area contributed by atoms with Crippen LogP contribution in [0.3, 0.4) is 0 Å². The average molecular weight is 302 g/mol. The second kappa shape index (κ2) is 7.08. The summed E-state index contributed by atoms with van der Waals surface area (Å²) in [5.41, 5.74) is 3.69. The van der Waals surface area contributed by atoms with Crippen molar-refractivity contribution in [1.29, 1.82) is 0 Å². The van der Waals surface area contributed by atoms with Gasteiger partial charge in [0.2, 0.25) is 0 Å². The van der Waals surface area contributed by atoms with Crippen molar-refractivity contribution in [2.75, 3.05) is 0 Å². The maximum Gasteiger partial charge on any atom is 0.0721 e. The van der Waals surface area contributed by atoms with Crippen LogP contribution in [0.1, 0.15) is 29.5 Å². The molecular weight excluding hydrogens is 282 g/mol. The Hall–Kier alpha value is -1.35. The largest absolute Gasteiger partial charge is 0.372 e. The molecule has 2 aromatic carbocycles. The van der Waals surface area contributed by atoms with Gasteiger partial charge in [-0.3, -0.25) is 0 Å². The zero-order valence-corrected chi connectivity index (χ0v) is 12.8. The van der Waals surface area contributed by atoms with Crippen molar-refractivity contribution in [3.63, 3.8) is 0 Å². The van der Waals surface area contributed by atoms with E-state index in [1.54, 1.807) is 0 Å². The molecule has 3 rings (SSSR count). The fourth-order valence-corrected chi connectivity index (χ4v) is 2.37. The lowest BCUT2D eigenvalue weighted by molar-refractivity contribution is 0.107. The molecule has 0 radical (unpaired) electrons. The minimum atomic E-state index is 0.613. The number of hydrogen-bond donors (Lipinski definition) is 1. The number of rotatable bonds is 7. The summed E-state index contributed by atoms with van der Waals surface area (Å²) in [6, 6.07) is 17.1. The van der Waals surface area contributed by atoms with Crippen LogP contribution in [0.2, 0.25) is 5.02 Å². The van der Waals surface area contributed by atoms with Crippen molar-refractivity contribution < 1.29 is 4.74 Å². The minimum Gasteiger partial charge on any atom is -0.372 e. The lowest BCUT2D eigenvalue weighted by Crippen LogP contribution is -2.15. The molecule has 0 amide bonds. The fourth-order valence-electron chi connectivity index (χ4n) is 2.25. The van der Waals surface area contributed by atoms with Gasteiger partial charge in [-0.05, 0) is 41.7 Å². The topological polar surface area (TPSA) is 21.3 Å². The summed E-state index contributed by atoms with van der Waals surface area (Å²) in [7, 11) is 0. The Morgan fingerprint density at radius 3 is 2.43 bits per heavy atom. The molecule has 2 nitrogen and oxygen atoms in total. The summed E-state index contributed by atoms with van der Waals surface area (Å²) in [6.45, 7) is 2.21. The Bertz CT molecular complexity index is 578. The second-order valence-electron chi connectivity index (χ2n) is 5.59. The van der Waals surface area contributed by atoms with Crippen LogP contribution < -0.4 is 5.32 Å². The van der Waals surface area contributed by atoms with Gasteiger partial charge < -0.3 is 10.1 Å². The van der Waals surface area contributed by atoms with Crippen molar-refractivity contribution >= 4 is 11.6 Å². The predicted molar refractivity (Wildman–Crippen MR) is 86.2 cm³/mol. The van der Waals surface area contributed by atoms with Crippen molar-refractivity contribution in [2.45, 2.75) is 38.6 Å². The summed E-state index contributed by atoms with van der Waals surface area (Å²) in [5.74, 6) is 0. The first-order valence-electron chi connectivity index (χ1n) is 7.43. The standard InChI is InChI=1S/C18H20ClNO/c19-17-6-4-14(5-7-17)12-21-13-16-3-1-2-15(10-16)11-20-18-8-9-18/h1-7,10,18,20H,8-9,11-13H2. The summed E-state index contributed by atoms with van der Waals surface area (Å²) >= 11 is 5.87. The Morgan fingerprint density at radius 1 is 0.952 bits per heavy atom. The summed E-state index contributed by atoms with van der Waals surface area (Å²) < 4.78 is 5.78. The molecule has 0 heterocycles. The van der Waals surface area contributed by atoms with Crippen LogP contribution in [0.5, 0.6) is 0 Å². The molecule has 2 aromatic rings. The average Bonchev–Trinajstić information content (AvgIpc) is 3.32.